The van der Waals surface area contributed by atoms with Crippen molar-refractivity contribution in [1.29, 1.82) is 0 Å². The average molecular weight is 674 g/mol. The van der Waals surface area contributed by atoms with Crippen LogP contribution in [-0.2, 0) is 22.8 Å². The fourth-order valence-electron chi connectivity index (χ4n) is 6.07. The van der Waals surface area contributed by atoms with Crippen LogP contribution in [0, 0.1) is 37.5 Å². The van der Waals surface area contributed by atoms with E-state index in [1.165, 1.54) is 0 Å². The standard InChI is InChI=1S/C33H48FN7O3S2/c1-21-28(22(2)41(39-21)20-44-17-19-46(4,5)6)25-12-13-27(36-31(25)34)37-33(43)30(29(23-8-9-23)24-10-11-24)38-32(42)26-14-15-35-40(26)16-7-18-45-3/h12-15,23-24,29-30H,7-11,16-20H2,1-6H3,(H,38,42)(H,36,37,43)/t30-/m0/s1. The summed E-state index contributed by atoms with van der Waals surface area (Å²) in [7, 11) is -0.656. The smallest absolute Gasteiger partial charge is 0.270 e. The molecule has 0 aromatic carbocycles. The maximum Gasteiger partial charge on any atom is 0.270 e. The van der Waals surface area contributed by atoms with Gasteiger partial charge in [0, 0.05) is 35.3 Å². The molecule has 0 spiro atoms. The summed E-state index contributed by atoms with van der Waals surface area (Å²) in [5.41, 5.74) is 2.86. The number of thioether (sulfide) groups is 1. The molecule has 1 atom stereocenters. The molecule has 46 heavy (non-hydrogen) atoms. The Labute approximate surface area is 277 Å². The predicted octanol–water partition coefficient (Wildman–Crippen LogP) is 5.49. The van der Waals surface area contributed by atoms with Gasteiger partial charge in [0.1, 0.15) is 24.3 Å². The van der Waals surface area contributed by atoms with Gasteiger partial charge in [-0.1, -0.05) is 0 Å². The summed E-state index contributed by atoms with van der Waals surface area (Å²) in [5, 5.41) is 14.8. The zero-order chi connectivity index (χ0) is 33.0. The molecule has 3 aromatic rings. The molecule has 0 radical (unpaired) electrons. The number of anilines is 1. The number of halogens is 1. The van der Waals surface area contributed by atoms with Crippen LogP contribution in [0.25, 0.3) is 11.1 Å². The van der Waals surface area contributed by atoms with Crippen molar-refractivity contribution in [2.75, 3.05) is 48.5 Å². The quantitative estimate of drug-likeness (QED) is 0.144. The Kier molecular flexibility index (Phi) is 11.1. The van der Waals surface area contributed by atoms with Crippen molar-refractivity contribution in [3.8, 4) is 11.1 Å². The first-order valence-electron chi connectivity index (χ1n) is 16.0. The first-order valence-corrected chi connectivity index (χ1v) is 20.5. The van der Waals surface area contributed by atoms with Gasteiger partial charge in [0.05, 0.1) is 12.3 Å². The van der Waals surface area contributed by atoms with Crippen molar-refractivity contribution in [2.45, 2.75) is 65.3 Å². The number of amides is 2. The minimum Gasteiger partial charge on any atom is -0.358 e. The maximum absolute atomic E-state index is 15.6. The van der Waals surface area contributed by atoms with Crippen molar-refractivity contribution in [3.05, 3.63) is 47.4 Å². The number of aryl methyl sites for hydroxylation is 2. The van der Waals surface area contributed by atoms with Crippen molar-refractivity contribution in [2.24, 2.45) is 17.8 Å². The molecular formula is C33H48FN7O3S2. The van der Waals surface area contributed by atoms with Crippen LogP contribution in [0.3, 0.4) is 0 Å². The lowest BCUT2D eigenvalue weighted by Crippen LogP contribution is -2.50. The Morgan fingerprint density at radius 3 is 2.46 bits per heavy atom. The summed E-state index contributed by atoms with van der Waals surface area (Å²) in [6.07, 6.45) is 15.5. The molecule has 2 aliphatic rings. The number of nitrogens with zero attached hydrogens (tertiary/aromatic N) is 5. The normalized spacial score (nSPS) is 16.1. The van der Waals surface area contributed by atoms with E-state index >= 15 is 4.39 Å². The fourth-order valence-corrected chi connectivity index (χ4v) is 7.11. The molecule has 2 amide bonds. The van der Waals surface area contributed by atoms with Crippen LogP contribution in [0.5, 0.6) is 0 Å². The fraction of sp³-hybridized carbons (Fsp3) is 0.606. The van der Waals surface area contributed by atoms with Crippen molar-refractivity contribution >= 4 is 39.4 Å². The molecule has 3 heterocycles. The van der Waals surface area contributed by atoms with Gasteiger partial charge in [-0.05, 0) is 113 Å². The SMILES string of the molecule is CSCCCn1nccc1C(=O)N[C@H](C(=O)Nc1ccc(-c2c(C)nn(COCCS(C)(C)C)c2C)c(F)n1)C(C1CC1)C1CC1. The second-order valence-corrected chi connectivity index (χ2v) is 19.0. The largest absolute Gasteiger partial charge is 0.358 e. The maximum atomic E-state index is 15.6. The van der Waals surface area contributed by atoms with Gasteiger partial charge in [-0.3, -0.25) is 14.3 Å². The van der Waals surface area contributed by atoms with Gasteiger partial charge in [0.2, 0.25) is 11.9 Å². The number of nitrogens with one attached hydrogen (secondary N) is 2. The zero-order valence-electron chi connectivity index (χ0n) is 27.8. The second-order valence-electron chi connectivity index (χ2n) is 13.4. The molecule has 2 saturated carbocycles. The Morgan fingerprint density at radius 2 is 1.83 bits per heavy atom. The molecule has 0 aliphatic heterocycles. The van der Waals surface area contributed by atoms with Gasteiger partial charge in [-0.2, -0.15) is 26.3 Å². The molecule has 2 N–H and O–H groups in total. The van der Waals surface area contributed by atoms with E-state index in [2.05, 4.69) is 44.6 Å². The molecule has 252 valence electrons. The van der Waals surface area contributed by atoms with Crippen LogP contribution in [0.1, 0.15) is 54.0 Å². The molecule has 2 aliphatic carbocycles. The molecule has 0 saturated heterocycles. The van der Waals surface area contributed by atoms with Crippen molar-refractivity contribution < 1.29 is 18.7 Å². The molecule has 10 nitrogen and oxygen atoms in total. The van der Waals surface area contributed by atoms with E-state index in [9.17, 15) is 9.59 Å². The number of carbonyl (C=O) groups excluding carboxylic acids is 2. The van der Waals surface area contributed by atoms with E-state index in [0.717, 1.165) is 49.3 Å². The van der Waals surface area contributed by atoms with Crippen LogP contribution < -0.4 is 10.6 Å². The summed E-state index contributed by atoms with van der Waals surface area (Å²) >= 11 is 1.75. The lowest BCUT2D eigenvalue weighted by Gasteiger charge is -2.27. The Hall–Kier alpha value is -2.90. The lowest BCUT2D eigenvalue weighted by atomic mass is 9.88. The number of hydrogen-bond donors (Lipinski definition) is 2. The molecule has 5 rings (SSSR count). The highest BCUT2D eigenvalue weighted by atomic mass is 32.3. The van der Waals surface area contributed by atoms with Crippen LogP contribution in [0.4, 0.5) is 10.2 Å². The highest BCUT2D eigenvalue weighted by Gasteiger charge is 2.48. The number of rotatable bonds is 17. The van der Waals surface area contributed by atoms with Crippen molar-refractivity contribution in [1.82, 2.24) is 29.9 Å². The Morgan fingerprint density at radius 1 is 1.11 bits per heavy atom. The van der Waals surface area contributed by atoms with Gasteiger partial charge in [-0.15, -0.1) is 0 Å². The van der Waals surface area contributed by atoms with E-state index in [1.54, 1.807) is 45.5 Å². The monoisotopic (exact) mass is 673 g/mol. The molecule has 2 fully saturated rings. The number of carbonyl (C=O) groups is 2. The molecule has 0 unspecified atom stereocenters. The third-order valence-electron chi connectivity index (χ3n) is 8.76. The highest BCUT2D eigenvalue weighted by molar-refractivity contribution is 8.32. The van der Waals surface area contributed by atoms with Gasteiger partial charge in [0.15, 0.2) is 0 Å². The van der Waals surface area contributed by atoms with Crippen LogP contribution in [0.15, 0.2) is 24.4 Å². The van der Waals surface area contributed by atoms with Crippen molar-refractivity contribution in [3.63, 3.8) is 0 Å². The third-order valence-corrected chi connectivity index (χ3v) is 10.8. The van der Waals surface area contributed by atoms with E-state index in [1.807, 2.05) is 20.1 Å². The average Bonchev–Trinajstić information content (AvgIpc) is 3.93. The minimum absolute atomic E-state index is 0.0316. The number of ether oxygens (including phenoxy) is 1. The second kappa shape index (κ2) is 14.9. The van der Waals surface area contributed by atoms with Gasteiger partial charge in [0.25, 0.3) is 5.91 Å². The van der Waals surface area contributed by atoms with Crippen LogP contribution in [-0.4, -0.2) is 85.5 Å². The molecule has 0 bridgehead atoms. The van der Waals surface area contributed by atoms with Gasteiger partial charge >= 0.3 is 0 Å². The molecular weight excluding hydrogens is 626 g/mol. The first-order chi connectivity index (χ1) is 22.0. The summed E-state index contributed by atoms with van der Waals surface area (Å²) in [6.45, 7) is 5.29. The van der Waals surface area contributed by atoms with E-state index in [0.29, 0.717) is 54.2 Å². The van der Waals surface area contributed by atoms with Crippen LogP contribution >= 0.6 is 21.8 Å². The minimum atomic E-state index is -0.755. The summed E-state index contributed by atoms with van der Waals surface area (Å²) in [5.74, 6) is 1.49. The zero-order valence-corrected chi connectivity index (χ0v) is 29.5. The van der Waals surface area contributed by atoms with E-state index < -0.39 is 22.0 Å². The predicted molar refractivity (Wildman–Crippen MR) is 185 cm³/mol. The number of aromatic nitrogens is 5. The van der Waals surface area contributed by atoms with Gasteiger partial charge < -0.3 is 15.4 Å². The van der Waals surface area contributed by atoms with Gasteiger partial charge in [-0.25, -0.2) is 19.7 Å². The van der Waals surface area contributed by atoms with Crippen LogP contribution in [0.2, 0.25) is 0 Å². The molecule has 13 heteroatoms. The summed E-state index contributed by atoms with van der Waals surface area (Å²) in [6, 6.07) is 4.17. The Balaban J connectivity index is 1.30. The number of hydrogen-bond acceptors (Lipinski definition) is 7. The number of pyridine rings is 1. The Bertz CT molecular complexity index is 1520. The third kappa shape index (κ3) is 8.71. The lowest BCUT2D eigenvalue weighted by molar-refractivity contribution is -0.119. The highest BCUT2D eigenvalue weighted by Crippen LogP contribution is 2.51. The summed E-state index contributed by atoms with van der Waals surface area (Å²) in [4.78, 5) is 31.5. The summed E-state index contributed by atoms with van der Waals surface area (Å²) < 4.78 is 24.9. The molecule has 3 aromatic heterocycles. The van der Waals surface area contributed by atoms with E-state index in [-0.39, 0.29) is 23.6 Å². The first kappa shape index (κ1) is 34.4. The van der Waals surface area contributed by atoms with E-state index in [4.69, 9.17) is 4.74 Å². The topological polar surface area (TPSA) is 116 Å².